The number of fused-ring (bicyclic) bond motifs is 1. The van der Waals surface area contributed by atoms with E-state index in [0.29, 0.717) is 0 Å². The predicted molar refractivity (Wildman–Crippen MR) is 116 cm³/mol. The van der Waals surface area contributed by atoms with E-state index in [-0.39, 0.29) is 51.9 Å². The Kier molecular flexibility index (Phi) is 6.16. The Morgan fingerprint density at radius 2 is 1.71 bits per heavy atom. The lowest BCUT2D eigenvalue weighted by Crippen LogP contribution is -2.16. The molecule has 8 nitrogen and oxygen atoms in total. The first-order valence-corrected chi connectivity index (χ1v) is 9.97. The van der Waals surface area contributed by atoms with Gasteiger partial charge in [-0.15, -0.1) is 0 Å². The molecule has 11 heteroatoms. The van der Waals surface area contributed by atoms with Crippen molar-refractivity contribution in [3.63, 3.8) is 0 Å². The lowest BCUT2D eigenvalue weighted by molar-refractivity contribution is -0.152. The number of hydrogen-bond acceptors (Lipinski definition) is 7. The van der Waals surface area contributed by atoms with Gasteiger partial charge in [0.15, 0.2) is 11.5 Å². The van der Waals surface area contributed by atoms with E-state index in [4.69, 9.17) is 28.2 Å². The van der Waals surface area contributed by atoms with Gasteiger partial charge in [0, 0.05) is 6.07 Å². The predicted octanol–water partition coefficient (Wildman–Crippen LogP) is 5.37. The molecule has 0 saturated heterocycles. The Hall–Kier alpha value is -4.41. The number of rotatable bonds is 7. The monoisotopic (exact) mass is 490 g/mol. The number of aromatic carboxylic acids is 1. The minimum atomic E-state index is -4.98. The molecule has 0 bridgehead atoms. The maximum atomic E-state index is 13.9. The second kappa shape index (κ2) is 9.09. The molecule has 4 rings (SSSR count). The SMILES string of the molecule is COc1ccc(-c2c(C(F)(F)F)oc3cc(OCc4ccc(C(=O)O)o4)ccc3c2=O)cc1OC. The van der Waals surface area contributed by atoms with Crippen molar-refractivity contribution in [1.82, 2.24) is 0 Å². The maximum Gasteiger partial charge on any atom is 0.450 e. The molecule has 2 aromatic carbocycles. The van der Waals surface area contributed by atoms with Crippen LogP contribution in [0.2, 0.25) is 0 Å². The van der Waals surface area contributed by atoms with Crippen molar-refractivity contribution in [2.75, 3.05) is 14.2 Å². The Morgan fingerprint density at radius 3 is 2.34 bits per heavy atom. The molecule has 0 fully saturated rings. The minimum absolute atomic E-state index is 0.0574. The summed E-state index contributed by atoms with van der Waals surface area (Å²) in [6, 6.07) is 10.4. The van der Waals surface area contributed by atoms with Gasteiger partial charge < -0.3 is 28.2 Å². The molecule has 4 aromatic rings. The van der Waals surface area contributed by atoms with Crippen molar-refractivity contribution >= 4 is 16.9 Å². The van der Waals surface area contributed by atoms with Crippen LogP contribution in [0.4, 0.5) is 13.2 Å². The van der Waals surface area contributed by atoms with Gasteiger partial charge in [-0.05, 0) is 42.0 Å². The number of carboxylic acid groups (broad SMARTS) is 1. The summed E-state index contributed by atoms with van der Waals surface area (Å²) < 4.78 is 67.8. The number of halogens is 3. The van der Waals surface area contributed by atoms with Crippen molar-refractivity contribution < 1.29 is 46.1 Å². The van der Waals surface area contributed by atoms with Gasteiger partial charge in [0.25, 0.3) is 0 Å². The number of alkyl halides is 3. The van der Waals surface area contributed by atoms with Crippen LogP contribution in [0.25, 0.3) is 22.1 Å². The summed E-state index contributed by atoms with van der Waals surface area (Å²) in [5.41, 5.74) is -1.96. The van der Waals surface area contributed by atoms with Gasteiger partial charge in [-0.1, -0.05) is 6.07 Å². The van der Waals surface area contributed by atoms with Crippen LogP contribution in [0.3, 0.4) is 0 Å². The topological polar surface area (TPSA) is 108 Å². The summed E-state index contributed by atoms with van der Waals surface area (Å²) in [6.45, 7) is -0.196. The number of benzene rings is 2. The average Bonchev–Trinajstić information content (AvgIpc) is 3.31. The number of methoxy groups -OCH3 is 2. The van der Waals surface area contributed by atoms with Crippen LogP contribution in [0, 0.1) is 0 Å². The van der Waals surface area contributed by atoms with Crippen LogP contribution in [0.15, 0.2) is 62.2 Å². The normalized spacial score (nSPS) is 11.5. The van der Waals surface area contributed by atoms with Gasteiger partial charge in [-0.2, -0.15) is 13.2 Å². The largest absolute Gasteiger partial charge is 0.493 e. The molecule has 0 atom stereocenters. The Balaban J connectivity index is 1.77. The van der Waals surface area contributed by atoms with E-state index in [9.17, 15) is 22.8 Å². The van der Waals surface area contributed by atoms with Crippen molar-refractivity contribution in [2.45, 2.75) is 12.8 Å². The number of ether oxygens (including phenoxy) is 3. The van der Waals surface area contributed by atoms with E-state index in [1.165, 1.54) is 56.7 Å². The van der Waals surface area contributed by atoms with E-state index in [1.807, 2.05) is 0 Å². The summed E-state index contributed by atoms with van der Waals surface area (Å²) in [7, 11) is 2.70. The molecule has 0 amide bonds. The number of carbonyl (C=O) groups is 1. The van der Waals surface area contributed by atoms with Crippen LogP contribution in [0.1, 0.15) is 22.1 Å². The smallest absolute Gasteiger partial charge is 0.450 e. The third-order valence-electron chi connectivity index (χ3n) is 5.05. The number of hydrogen-bond donors (Lipinski definition) is 1. The standard InChI is InChI=1S/C24H17F3O8/c1-31-16-7-3-12(9-19(16)32-2)20-21(28)15-6-4-13(10-18(15)35-22(20)24(25,26)27)33-11-14-5-8-17(34-14)23(29)30/h3-10H,11H2,1-2H3,(H,29,30). The summed E-state index contributed by atoms with van der Waals surface area (Å²) in [5, 5.41) is 8.80. The summed E-state index contributed by atoms with van der Waals surface area (Å²) in [4.78, 5) is 24.1. The number of carboxylic acids is 1. The van der Waals surface area contributed by atoms with E-state index >= 15 is 0 Å². The summed E-state index contributed by atoms with van der Waals surface area (Å²) >= 11 is 0. The molecule has 0 spiro atoms. The van der Waals surface area contributed by atoms with Crippen LogP contribution in [-0.2, 0) is 12.8 Å². The van der Waals surface area contributed by atoms with Crippen LogP contribution >= 0.6 is 0 Å². The molecular formula is C24H17F3O8. The molecule has 0 aliphatic carbocycles. The molecule has 0 aliphatic heterocycles. The van der Waals surface area contributed by atoms with E-state index < -0.39 is 28.9 Å². The molecule has 2 aromatic heterocycles. The highest BCUT2D eigenvalue weighted by atomic mass is 19.4. The van der Waals surface area contributed by atoms with Gasteiger partial charge in [0.05, 0.1) is 25.2 Å². The first-order chi connectivity index (χ1) is 16.6. The quantitative estimate of drug-likeness (QED) is 0.369. The summed E-state index contributed by atoms with van der Waals surface area (Å²) in [5.74, 6) is -2.32. The second-order valence-corrected chi connectivity index (χ2v) is 7.22. The van der Waals surface area contributed by atoms with E-state index in [0.717, 1.165) is 6.07 Å². The fourth-order valence-corrected chi connectivity index (χ4v) is 3.44. The Morgan fingerprint density at radius 1 is 0.971 bits per heavy atom. The first-order valence-electron chi connectivity index (χ1n) is 9.97. The zero-order valence-corrected chi connectivity index (χ0v) is 18.3. The molecule has 2 heterocycles. The van der Waals surface area contributed by atoms with Gasteiger partial charge in [-0.3, -0.25) is 4.79 Å². The average molecular weight is 490 g/mol. The zero-order chi connectivity index (χ0) is 25.3. The Bertz CT molecular complexity index is 1470. The number of furan rings is 1. The molecule has 0 unspecified atom stereocenters. The molecule has 0 radical (unpaired) electrons. The highest BCUT2D eigenvalue weighted by Crippen LogP contribution is 2.40. The third kappa shape index (κ3) is 4.65. The minimum Gasteiger partial charge on any atom is -0.493 e. The lowest BCUT2D eigenvalue weighted by atomic mass is 10.0. The highest BCUT2D eigenvalue weighted by Gasteiger charge is 2.39. The molecule has 0 aliphatic rings. The second-order valence-electron chi connectivity index (χ2n) is 7.22. The van der Waals surface area contributed by atoms with Crippen molar-refractivity contribution in [2.24, 2.45) is 0 Å². The fraction of sp³-hybridized carbons (Fsp3) is 0.167. The molecule has 1 N–H and O–H groups in total. The van der Waals surface area contributed by atoms with Gasteiger partial charge in [0.2, 0.25) is 16.9 Å². The third-order valence-corrected chi connectivity index (χ3v) is 5.05. The zero-order valence-electron chi connectivity index (χ0n) is 18.3. The van der Waals surface area contributed by atoms with E-state index in [1.54, 1.807) is 0 Å². The van der Waals surface area contributed by atoms with Crippen molar-refractivity contribution in [3.8, 4) is 28.4 Å². The molecular weight excluding hydrogens is 473 g/mol. The van der Waals surface area contributed by atoms with E-state index in [2.05, 4.69) is 0 Å². The van der Waals surface area contributed by atoms with Crippen molar-refractivity contribution in [3.05, 3.63) is 76.0 Å². The van der Waals surface area contributed by atoms with Crippen LogP contribution < -0.4 is 19.6 Å². The van der Waals surface area contributed by atoms with Gasteiger partial charge >= 0.3 is 12.1 Å². The van der Waals surface area contributed by atoms with Gasteiger partial charge in [-0.25, -0.2) is 4.79 Å². The van der Waals surface area contributed by atoms with Crippen molar-refractivity contribution in [1.29, 1.82) is 0 Å². The maximum absolute atomic E-state index is 13.9. The lowest BCUT2D eigenvalue weighted by Gasteiger charge is -2.15. The summed E-state index contributed by atoms with van der Waals surface area (Å²) in [6.07, 6.45) is -4.98. The molecule has 182 valence electrons. The van der Waals surface area contributed by atoms with Crippen LogP contribution in [0.5, 0.6) is 17.2 Å². The van der Waals surface area contributed by atoms with Gasteiger partial charge in [0.1, 0.15) is 23.7 Å². The first kappa shape index (κ1) is 23.7. The highest BCUT2D eigenvalue weighted by molar-refractivity contribution is 5.85. The molecule has 0 saturated carbocycles. The Labute approximate surface area is 195 Å². The fourth-order valence-electron chi connectivity index (χ4n) is 3.44. The molecule has 35 heavy (non-hydrogen) atoms. The van der Waals surface area contributed by atoms with Crippen LogP contribution in [-0.4, -0.2) is 25.3 Å².